The summed E-state index contributed by atoms with van der Waals surface area (Å²) < 4.78 is 4.88. The van der Waals surface area contributed by atoms with E-state index in [1.165, 1.54) is 12.1 Å². The third-order valence-electron chi connectivity index (χ3n) is 2.81. The fourth-order valence-electron chi connectivity index (χ4n) is 1.75. The van der Waals surface area contributed by atoms with Crippen molar-refractivity contribution < 1.29 is 19.4 Å². The lowest BCUT2D eigenvalue weighted by Gasteiger charge is -2.08. The Labute approximate surface area is 132 Å². The number of rotatable bonds is 5. The molecule has 0 aliphatic heterocycles. The first-order valence-corrected chi connectivity index (χ1v) is 7.71. The van der Waals surface area contributed by atoms with Crippen molar-refractivity contribution in [1.82, 2.24) is 0 Å². The van der Waals surface area contributed by atoms with Gasteiger partial charge in [-0.05, 0) is 36.6 Å². The number of aromatic hydroxyl groups is 1. The van der Waals surface area contributed by atoms with Crippen LogP contribution in [0.4, 0.5) is 5.69 Å². The van der Waals surface area contributed by atoms with Gasteiger partial charge in [0.2, 0.25) is 0 Å². The van der Waals surface area contributed by atoms with Crippen molar-refractivity contribution >= 4 is 29.3 Å². The molecule has 6 heteroatoms. The molecule has 0 spiro atoms. The van der Waals surface area contributed by atoms with Crippen LogP contribution in [0.1, 0.15) is 10.4 Å². The minimum absolute atomic E-state index is 0.0275. The Morgan fingerprint density at radius 1 is 1.18 bits per heavy atom. The number of hydrogen-bond donors (Lipinski definition) is 2. The molecule has 114 valence electrons. The fraction of sp³-hybridized carbons (Fsp3) is 0.125. The second-order valence-corrected chi connectivity index (χ2v) is 5.25. The van der Waals surface area contributed by atoms with E-state index in [4.69, 9.17) is 4.74 Å². The maximum absolute atomic E-state index is 11.8. The van der Waals surface area contributed by atoms with Crippen molar-refractivity contribution in [3.05, 3.63) is 54.1 Å². The first-order valence-electron chi connectivity index (χ1n) is 6.49. The van der Waals surface area contributed by atoms with E-state index >= 15 is 0 Å². The van der Waals surface area contributed by atoms with Gasteiger partial charge in [-0.2, -0.15) is 0 Å². The summed E-state index contributed by atoms with van der Waals surface area (Å²) in [4.78, 5) is 24.6. The summed E-state index contributed by atoms with van der Waals surface area (Å²) >= 11 is 1.56. The largest absolute Gasteiger partial charge is 0.507 e. The number of anilines is 1. The Kier molecular flexibility index (Phi) is 5.43. The number of thioether (sulfide) groups is 1. The maximum atomic E-state index is 11.8. The Bertz CT molecular complexity index is 687. The third-order valence-corrected chi connectivity index (χ3v) is 3.54. The van der Waals surface area contributed by atoms with E-state index in [0.717, 1.165) is 4.90 Å². The maximum Gasteiger partial charge on any atom is 0.342 e. The predicted octanol–water partition coefficient (Wildman–Crippen LogP) is 2.91. The predicted molar refractivity (Wildman–Crippen MR) is 85.2 cm³/mol. The van der Waals surface area contributed by atoms with Crippen LogP contribution < -0.4 is 5.32 Å². The number of carbonyl (C=O) groups excluding carboxylic acids is 2. The van der Waals surface area contributed by atoms with E-state index in [9.17, 15) is 14.7 Å². The van der Waals surface area contributed by atoms with Crippen molar-refractivity contribution in [2.75, 3.05) is 18.2 Å². The molecule has 2 N–H and O–H groups in total. The summed E-state index contributed by atoms with van der Waals surface area (Å²) in [5.41, 5.74) is 0.662. The van der Waals surface area contributed by atoms with Crippen molar-refractivity contribution in [1.29, 1.82) is 0 Å². The zero-order valence-electron chi connectivity index (χ0n) is 11.9. The molecule has 0 saturated heterocycles. The van der Waals surface area contributed by atoms with E-state index < -0.39 is 18.5 Å². The van der Waals surface area contributed by atoms with E-state index in [0.29, 0.717) is 5.69 Å². The summed E-state index contributed by atoms with van der Waals surface area (Å²) in [5.74, 6) is -1.37. The number of esters is 1. The number of phenolic OH excluding ortho intramolecular Hbond substituents is 1. The molecule has 0 bridgehead atoms. The molecule has 2 rings (SSSR count). The average molecular weight is 317 g/mol. The van der Waals surface area contributed by atoms with Crippen LogP contribution in [-0.4, -0.2) is 29.8 Å². The molecule has 5 nitrogen and oxygen atoms in total. The van der Waals surface area contributed by atoms with Crippen LogP contribution >= 0.6 is 11.8 Å². The van der Waals surface area contributed by atoms with Crippen molar-refractivity contribution in [2.24, 2.45) is 0 Å². The molecule has 0 atom stereocenters. The minimum atomic E-state index is -0.744. The van der Waals surface area contributed by atoms with Crippen LogP contribution in [0.25, 0.3) is 0 Å². The lowest BCUT2D eigenvalue weighted by Crippen LogP contribution is -2.21. The van der Waals surface area contributed by atoms with E-state index in [1.54, 1.807) is 30.0 Å². The van der Waals surface area contributed by atoms with Gasteiger partial charge in [-0.25, -0.2) is 4.79 Å². The quantitative estimate of drug-likeness (QED) is 0.655. The Hall–Kier alpha value is -2.47. The van der Waals surface area contributed by atoms with Crippen LogP contribution in [0.5, 0.6) is 5.75 Å². The summed E-state index contributed by atoms with van der Waals surface area (Å²) in [7, 11) is 0. The summed E-state index contributed by atoms with van der Waals surface area (Å²) in [6, 6.07) is 13.3. The Morgan fingerprint density at radius 2 is 1.95 bits per heavy atom. The number of phenols is 1. The molecule has 0 saturated carbocycles. The monoisotopic (exact) mass is 317 g/mol. The van der Waals surface area contributed by atoms with E-state index in [1.807, 2.05) is 24.5 Å². The van der Waals surface area contributed by atoms with Gasteiger partial charge in [0.05, 0.1) is 0 Å². The average Bonchev–Trinajstić information content (AvgIpc) is 2.53. The number of nitrogens with one attached hydrogen (secondary N) is 1. The normalized spacial score (nSPS) is 10.0. The number of para-hydroxylation sites is 1. The van der Waals surface area contributed by atoms with Crippen molar-refractivity contribution in [2.45, 2.75) is 4.90 Å². The lowest BCUT2D eigenvalue weighted by atomic mass is 10.2. The zero-order chi connectivity index (χ0) is 15.9. The number of carbonyl (C=O) groups is 2. The number of hydrogen-bond acceptors (Lipinski definition) is 5. The molecule has 0 aromatic heterocycles. The molecule has 0 fully saturated rings. The molecular weight excluding hydrogens is 302 g/mol. The van der Waals surface area contributed by atoms with Crippen LogP contribution in [0, 0.1) is 0 Å². The highest BCUT2D eigenvalue weighted by atomic mass is 32.2. The number of amides is 1. The fourth-order valence-corrected chi connectivity index (χ4v) is 2.21. The molecule has 0 radical (unpaired) electrons. The number of ether oxygens (including phenoxy) is 1. The molecule has 0 aliphatic rings. The van der Waals surface area contributed by atoms with Gasteiger partial charge >= 0.3 is 5.97 Å². The molecule has 1 amide bonds. The van der Waals surface area contributed by atoms with E-state index in [-0.39, 0.29) is 11.3 Å². The third kappa shape index (κ3) is 4.26. The minimum Gasteiger partial charge on any atom is -0.507 e. The SMILES string of the molecule is CSc1cccc(NC(=O)COC(=O)c2ccccc2O)c1. The summed E-state index contributed by atoms with van der Waals surface area (Å²) in [6.07, 6.45) is 1.94. The summed E-state index contributed by atoms with van der Waals surface area (Å²) in [6.45, 7) is -0.420. The smallest absolute Gasteiger partial charge is 0.342 e. The molecule has 2 aromatic carbocycles. The Balaban J connectivity index is 1.90. The van der Waals surface area contributed by atoms with Gasteiger partial charge in [-0.1, -0.05) is 18.2 Å². The zero-order valence-corrected chi connectivity index (χ0v) is 12.7. The molecule has 2 aromatic rings. The highest BCUT2D eigenvalue weighted by Gasteiger charge is 2.13. The van der Waals surface area contributed by atoms with Gasteiger partial charge in [0.1, 0.15) is 11.3 Å². The highest BCUT2D eigenvalue weighted by molar-refractivity contribution is 7.98. The lowest BCUT2D eigenvalue weighted by molar-refractivity contribution is -0.119. The molecule has 0 heterocycles. The summed E-state index contributed by atoms with van der Waals surface area (Å²) in [5, 5.41) is 12.2. The van der Waals surface area contributed by atoms with Gasteiger partial charge < -0.3 is 15.2 Å². The Morgan fingerprint density at radius 3 is 2.68 bits per heavy atom. The van der Waals surface area contributed by atoms with Crippen molar-refractivity contribution in [3.8, 4) is 5.75 Å². The second kappa shape index (κ2) is 7.51. The van der Waals surface area contributed by atoms with Crippen LogP contribution in [0.2, 0.25) is 0 Å². The first kappa shape index (κ1) is 15.9. The van der Waals surface area contributed by atoms with Crippen molar-refractivity contribution in [3.63, 3.8) is 0 Å². The second-order valence-electron chi connectivity index (χ2n) is 4.37. The van der Waals surface area contributed by atoms with Gasteiger partial charge in [0.25, 0.3) is 5.91 Å². The van der Waals surface area contributed by atoms with E-state index in [2.05, 4.69) is 5.32 Å². The van der Waals surface area contributed by atoms with Gasteiger partial charge in [-0.3, -0.25) is 4.79 Å². The van der Waals surface area contributed by atoms with Crippen LogP contribution in [0.3, 0.4) is 0 Å². The molecular formula is C16H15NO4S. The van der Waals surface area contributed by atoms with Gasteiger partial charge in [0, 0.05) is 10.6 Å². The first-order chi connectivity index (χ1) is 10.6. The molecule has 0 aliphatic carbocycles. The standard InChI is InChI=1S/C16H15NO4S/c1-22-12-6-4-5-11(9-12)17-15(19)10-21-16(20)13-7-2-3-8-14(13)18/h2-9,18H,10H2,1H3,(H,17,19). The molecule has 22 heavy (non-hydrogen) atoms. The van der Waals surface area contributed by atoms with Gasteiger partial charge in [0.15, 0.2) is 6.61 Å². The van der Waals surface area contributed by atoms with Crippen LogP contribution in [0.15, 0.2) is 53.4 Å². The topological polar surface area (TPSA) is 75.6 Å². The number of benzene rings is 2. The van der Waals surface area contributed by atoms with Gasteiger partial charge in [-0.15, -0.1) is 11.8 Å². The highest BCUT2D eigenvalue weighted by Crippen LogP contribution is 2.19. The molecule has 0 unspecified atom stereocenters. The van der Waals surface area contributed by atoms with Crippen LogP contribution in [-0.2, 0) is 9.53 Å².